The molecule has 0 spiro atoms. The van der Waals surface area contributed by atoms with Crippen LogP contribution in [0.2, 0.25) is 0 Å². The van der Waals surface area contributed by atoms with Crippen LogP contribution < -0.4 is 5.19 Å². The Morgan fingerprint density at radius 1 is 1.14 bits per heavy atom. The first-order valence-electron chi connectivity index (χ1n) is 4.15. The largest absolute Gasteiger partial charge is 0.537 e. The van der Waals surface area contributed by atoms with E-state index in [9.17, 15) is 0 Å². The van der Waals surface area contributed by atoms with Gasteiger partial charge in [0.1, 0.15) is 6.07 Å². The van der Waals surface area contributed by atoms with E-state index < -0.39 is 8.80 Å². The van der Waals surface area contributed by atoms with Crippen molar-refractivity contribution < 1.29 is 13.3 Å². The number of hydrogen-bond acceptors (Lipinski definition) is 3. The molecule has 1 rings (SSSR count). The Hall–Kier alpha value is -0.393. The van der Waals surface area contributed by atoms with Crippen molar-refractivity contribution in [2.75, 3.05) is 20.3 Å². The molecule has 1 aromatic rings. The Balaban J connectivity index is 2.98. The molecule has 0 aliphatic rings. The third-order valence-electron chi connectivity index (χ3n) is 1.91. The normalized spacial score (nSPS) is 11.6. The second kappa shape index (κ2) is 5.48. The SMILES string of the molecule is CO[Si](OC)(OCCl)c1ccccc1. The summed E-state index contributed by atoms with van der Waals surface area (Å²) in [5.74, 6) is 0. The van der Waals surface area contributed by atoms with Crippen LogP contribution in [0.15, 0.2) is 30.3 Å². The van der Waals surface area contributed by atoms with Gasteiger partial charge in [-0.3, -0.25) is 0 Å². The van der Waals surface area contributed by atoms with Gasteiger partial charge in [0.2, 0.25) is 0 Å². The van der Waals surface area contributed by atoms with Gasteiger partial charge in [0, 0.05) is 19.4 Å². The van der Waals surface area contributed by atoms with Crippen molar-refractivity contribution in [3.63, 3.8) is 0 Å². The molecule has 5 heteroatoms. The molecule has 0 aromatic heterocycles. The summed E-state index contributed by atoms with van der Waals surface area (Å²) in [6, 6.07) is 9.62. The summed E-state index contributed by atoms with van der Waals surface area (Å²) in [6.45, 7) is 0. The van der Waals surface area contributed by atoms with Crippen LogP contribution in [0.4, 0.5) is 0 Å². The average molecular weight is 233 g/mol. The molecule has 0 heterocycles. The van der Waals surface area contributed by atoms with Crippen molar-refractivity contribution in [1.29, 1.82) is 0 Å². The number of rotatable bonds is 5. The maximum atomic E-state index is 5.55. The summed E-state index contributed by atoms with van der Waals surface area (Å²) in [6.07, 6.45) is 0. The minimum absolute atomic E-state index is 0.0583. The summed E-state index contributed by atoms with van der Waals surface area (Å²) in [5, 5.41) is 0.908. The Morgan fingerprint density at radius 3 is 2.14 bits per heavy atom. The number of alkyl halides is 1. The highest BCUT2D eigenvalue weighted by atomic mass is 35.5. The molecule has 0 saturated heterocycles. The smallest absolute Gasteiger partial charge is 0.373 e. The quantitative estimate of drug-likeness (QED) is 0.567. The van der Waals surface area contributed by atoms with E-state index in [4.69, 9.17) is 24.9 Å². The van der Waals surface area contributed by atoms with Crippen molar-refractivity contribution in [2.45, 2.75) is 0 Å². The zero-order chi connectivity index (χ0) is 10.4. The van der Waals surface area contributed by atoms with Crippen molar-refractivity contribution in [1.82, 2.24) is 0 Å². The van der Waals surface area contributed by atoms with E-state index in [2.05, 4.69) is 0 Å². The average Bonchev–Trinajstić information content (AvgIpc) is 2.27. The van der Waals surface area contributed by atoms with Gasteiger partial charge in [-0.25, -0.2) is 0 Å². The van der Waals surface area contributed by atoms with Gasteiger partial charge in [-0.1, -0.05) is 41.9 Å². The molecular formula is C9H13ClO3Si. The minimum atomic E-state index is -2.75. The van der Waals surface area contributed by atoms with Crippen LogP contribution >= 0.6 is 11.6 Å². The van der Waals surface area contributed by atoms with E-state index >= 15 is 0 Å². The lowest BCUT2D eigenvalue weighted by Crippen LogP contribution is -2.55. The summed E-state index contributed by atoms with van der Waals surface area (Å²) >= 11 is 5.55. The van der Waals surface area contributed by atoms with E-state index in [0.29, 0.717) is 0 Å². The van der Waals surface area contributed by atoms with Crippen molar-refractivity contribution in [3.8, 4) is 0 Å². The van der Waals surface area contributed by atoms with Crippen molar-refractivity contribution in [2.24, 2.45) is 0 Å². The van der Waals surface area contributed by atoms with Crippen molar-refractivity contribution >= 4 is 25.6 Å². The highest BCUT2D eigenvalue weighted by Gasteiger charge is 2.41. The third kappa shape index (κ3) is 2.34. The first kappa shape index (κ1) is 11.7. The second-order valence-electron chi connectivity index (χ2n) is 2.58. The summed E-state index contributed by atoms with van der Waals surface area (Å²) in [5.41, 5.74) is 0. The standard InChI is InChI=1S/C9H13ClO3Si/c1-11-14(12-2,13-8-10)9-6-4-3-5-7-9/h3-7H,8H2,1-2H3. The fourth-order valence-corrected chi connectivity index (χ4v) is 3.45. The molecule has 78 valence electrons. The van der Waals surface area contributed by atoms with Gasteiger partial charge in [-0.15, -0.1) is 0 Å². The lowest BCUT2D eigenvalue weighted by molar-refractivity contribution is 0.133. The van der Waals surface area contributed by atoms with Gasteiger partial charge < -0.3 is 13.3 Å². The highest BCUT2D eigenvalue weighted by Crippen LogP contribution is 2.08. The third-order valence-corrected chi connectivity index (χ3v) is 4.84. The topological polar surface area (TPSA) is 27.7 Å². The molecule has 0 amide bonds. The fraction of sp³-hybridized carbons (Fsp3) is 0.333. The molecule has 1 aromatic carbocycles. The van der Waals surface area contributed by atoms with Crippen LogP contribution in [0.3, 0.4) is 0 Å². The second-order valence-corrected chi connectivity index (χ2v) is 5.60. The zero-order valence-corrected chi connectivity index (χ0v) is 9.95. The molecule has 0 N–H and O–H groups in total. The Kier molecular flexibility index (Phi) is 4.57. The number of hydrogen-bond donors (Lipinski definition) is 0. The van der Waals surface area contributed by atoms with Crippen LogP contribution in [0.5, 0.6) is 0 Å². The molecule has 0 unspecified atom stereocenters. The maximum Gasteiger partial charge on any atom is 0.537 e. The highest BCUT2D eigenvalue weighted by molar-refractivity contribution is 6.75. The molecule has 3 nitrogen and oxygen atoms in total. The van der Waals surface area contributed by atoms with Gasteiger partial charge in [0.25, 0.3) is 0 Å². The van der Waals surface area contributed by atoms with Gasteiger partial charge in [0.15, 0.2) is 0 Å². The minimum Gasteiger partial charge on any atom is -0.373 e. The van der Waals surface area contributed by atoms with Gasteiger partial charge in [-0.05, 0) is 0 Å². The molecule has 0 atom stereocenters. The molecule has 0 saturated carbocycles. The first-order valence-corrected chi connectivity index (χ1v) is 6.40. The molecule has 0 aliphatic carbocycles. The number of halogens is 1. The van der Waals surface area contributed by atoms with Gasteiger partial charge in [0.05, 0.1) is 0 Å². The van der Waals surface area contributed by atoms with E-state index in [0.717, 1.165) is 5.19 Å². The first-order chi connectivity index (χ1) is 6.79. The van der Waals surface area contributed by atoms with Gasteiger partial charge in [-0.2, -0.15) is 0 Å². The zero-order valence-electron chi connectivity index (χ0n) is 8.20. The molecule has 0 bridgehead atoms. The maximum absolute atomic E-state index is 5.55. The van der Waals surface area contributed by atoms with Crippen LogP contribution in [-0.2, 0) is 13.3 Å². The molecular weight excluding hydrogens is 220 g/mol. The molecule has 14 heavy (non-hydrogen) atoms. The van der Waals surface area contributed by atoms with E-state index in [1.165, 1.54) is 0 Å². The molecule has 0 fully saturated rings. The number of benzene rings is 1. The van der Waals surface area contributed by atoms with Gasteiger partial charge >= 0.3 is 8.80 Å². The lowest BCUT2D eigenvalue weighted by atomic mass is 10.4. The Bertz CT molecular complexity index is 264. The summed E-state index contributed by atoms with van der Waals surface area (Å²) < 4.78 is 16.0. The molecule has 0 radical (unpaired) electrons. The van der Waals surface area contributed by atoms with E-state index in [1.54, 1.807) is 14.2 Å². The fourth-order valence-electron chi connectivity index (χ4n) is 1.23. The van der Waals surface area contributed by atoms with E-state index in [-0.39, 0.29) is 6.07 Å². The Morgan fingerprint density at radius 2 is 1.71 bits per heavy atom. The lowest BCUT2D eigenvalue weighted by Gasteiger charge is -2.25. The Labute approximate surface area is 89.9 Å². The van der Waals surface area contributed by atoms with E-state index in [1.807, 2.05) is 30.3 Å². The van der Waals surface area contributed by atoms with Crippen LogP contribution in [0.25, 0.3) is 0 Å². The summed E-state index contributed by atoms with van der Waals surface area (Å²) in [4.78, 5) is 0. The molecule has 0 aliphatic heterocycles. The predicted molar refractivity (Wildman–Crippen MR) is 57.7 cm³/mol. The summed E-state index contributed by atoms with van der Waals surface area (Å²) in [7, 11) is 0.378. The van der Waals surface area contributed by atoms with Crippen LogP contribution in [0.1, 0.15) is 0 Å². The van der Waals surface area contributed by atoms with Crippen LogP contribution in [-0.4, -0.2) is 29.1 Å². The van der Waals surface area contributed by atoms with Crippen molar-refractivity contribution in [3.05, 3.63) is 30.3 Å². The predicted octanol–water partition coefficient (Wildman–Crippen LogP) is 1.34. The van der Waals surface area contributed by atoms with Crippen LogP contribution in [0, 0.1) is 0 Å². The monoisotopic (exact) mass is 232 g/mol.